The van der Waals surface area contributed by atoms with E-state index in [0.717, 1.165) is 10.5 Å². The van der Waals surface area contributed by atoms with Gasteiger partial charge in [0.25, 0.3) is 11.8 Å². The highest BCUT2D eigenvalue weighted by Gasteiger charge is 2.44. The second-order valence-electron chi connectivity index (χ2n) is 6.53. The summed E-state index contributed by atoms with van der Waals surface area (Å²) in [4.78, 5) is 29.3. The highest BCUT2D eigenvalue weighted by atomic mass is 19.1. The predicted octanol–water partition coefficient (Wildman–Crippen LogP) is 1.72. The Hall–Kier alpha value is -2.97. The third-order valence-corrected chi connectivity index (χ3v) is 4.22. The average Bonchev–Trinajstić information content (AvgIpc) is 3.22. The molecule has 0 radical (unpaired) electrons. The van der Waals surface area contributed by atoms with Gasteiger partial charge in [-0.25, -0.2) is 9.18 Å². The number of hydrogen-bond acceptors (Lipinski definition) is 6. The number of ether oxygens (including phenoxy) is 1. The molecule has 0 bridgehead atoms. The molecule has 1 aromatic carbocycles. The van der Waals surface area contributed by atoms with Crippen molar-refractivity contribution in [3.63, 3.8) is 0 Å². The number of nitrogens with zero attached hydrogens (tertiary/aromatic N) is 3. The maximum atomic E-state index is 13.7. The van der Waals surface area contributed by atoms with Gasteiger partial charge in [0, 0.05) is 12.0 Å². The largest absolute Gasteiger partial charge is 0.477 e. The van der Waals surface area contributed by atoms with E-state index >= 15 is 0 Å². The normalized spacial score (nSPS) is 21.2. The van der Waals surface area contributed by atoms with Crippen LogP contribution in [0.5, 0.6) is 5.75 Å². The van der Waals surface area contributed by atoms with E-state index in [2.05, 4.69) is 15.5 Å². The molecule has 1 N–H and O–H groups in total. The quantitative estimate of drug-likeness (QED) is 0.850. The molecular formula is C16H15FN4O4. The Labute approximate surface area is 141 Å². The van der Waals surface area contributed by atoms with Crippen LogP contribution in [0.25, 0.3) is 0 Å². The molecule has 8 nitrogen and oxygen atoms in total. The van der Waals surface area contributed by atoms with Crippen LogP contribution in [0, 0.1) is 5.82 Å². The van der Waals surface area contributed by atoms with Gasteiger partial charge in [0.2, 0.25) is 0 Å². The van der Waals surface area contributed by atoms with Gasteiger partial charge in [-0.15, -0.1) is 0 Å². The first-order valence-electron chi connectivity index (χ1n) is 7.76. The third kappa shape index (κ3) is 2.51. The summed E-state index contributed by atoms with van der Waals surface area (Å²) in [5, 5.41) is 6.37. The average molecular weight is 346 g/mol. The Bertz CT molecular complexity index is 879. The van der Waals surface area contributed by atoms with E-state index < -0.39 is 23.5 Å². The topological polar surface area (TPSA) is 97.6 Å². The molecule has 3 amide bonds. The van der Waals surface area contributed by atoms with Crippen molar-refractivity contribution in [1.29, 1.82) is 0 Å². The second kappa shape index (κ2) is 5.27. The van der Waals surface area contributed by atoms with Crippen LogP contribution in [0.3, 0.4) is 0 Å². The summed E-state index contributed by atoms with van der Waals surface area (Å²) < 4.78 is 24.5. The van der Waals surface area contributed by atoms with Crippen LogP contribution < -0.4 is 10.1 Å². The lowest BCUT2D eigenvalue weighted by molar-refractivity contribution is -0.130. The number of para-hydroxylation sites is 1. The van der Waals surface area contributed by atoms with E-state index in [0.29, 0.717) is 6.42 Å². The molecule has 0 saturated carbocycles. The summed E-state index contributed by atoms with van der Waals surface area (Å²) in [5.41, 5.74) is -0.238. The summed E-state index contributed by atoms with van der Waals surface area (Å²) in [6.45, 7) is 3.13. The Balaban J connectivity index is 1.50. The number of carbonyl (C=O) groups excluding carboxylic acids is 2. The van der Waals surface area contributed by atoms with E-state index in [9.17, 15) is 14.0 Å². The first kappa shape index (κ1) is 15.6. The predicted molar refractivity (Wildman–Crippen MR) is 80.9 cm³/mol. The Morgan fingerprint density at radius 3 is 2.88 bits per heavy atom. The van der Waals surface area contributed by atoms with Crippen LogP contribution in [-0.2, 0) is 17.8 Å². The number of imide groups is 1. The smallest absolute Gasteiger partial charge is 0.325 e. The number of fused-ring (bicyclic) bond motifs is 1. The van der Waals surface area contributed by atoms with Crippen molar-refractivity contribution < 1.29 is 23.2 Å². The van der Waals surface area contributed by atoms with Gasteiger partial charge in [-0.2, -0.15) is 4.98 Å². The molecule has 3 heterocycles. The molecule has 25 heavy (non-hydrogen) atoms. The molecule has 1 aromatic heterocycles. The number of carbonyl (C=O) groups is 2. The molecule has 1 atom stereocenters. The molecule has 4 rings (SSSR count). The molecule has 130 valence electrons. The minimum Gasteiger partial charge on any atom is -0.477 e. The summed E-state index contributed by atoms with van der Waals surface area (Å²) >= 11 is 0. The van der Waals surface area contributed by atoms with Gasteiger partial charge < -0.3 is 14.6 Å². The SMILES string of the molecule is CC1(C)NC(=O)N(Cc2noc(C3Cc4cccc(F)c4O3)n2)C1=O. The van der Waals surface area contributed by atoms with Crippen molar-refractivity contribution in [2.24, 2.45) is 0 Å². The zero-order valence-corrected chi connectivity index (χ0v) is 13.6. The summed E-state index contributed by atoms with van der Waals surface area (Å²) in [6.07, 6.45) is -0.182. The summed E-state index contributed by atoms with van der Waals surface area (Å²) in [7, 11) is 0. The fourth-order valence-electron chi connectivity index (χ4n) is 2.93. The minimum atomic E-state index is -0.961. The van der Waals surface area contributed by atoms with Crippen LogP contribution >= 0.6 is 0 Å². The maximum absolute atomic E-state index is 13.7. The van der Waals surface area contributed by atoms with E-state index in [1.807, 2.05) is 0 Å². The van der Waals surface area contributed by atoms with Crippen molar-refractivity contribution in [3.05, 3.63) is 41.3 Å². The van der Waals surface area contributed by atoms with Crippen LogP contribution in [-0.4, -0.2) is 32.5 Å². The Morgan fingerprint density at radius 1 is 1.40 bits per heavy atom. The lowest BCUT2D eigenvalue weighted by Gasteiger charge is -2.14. The van der Waals surface area contributed by atoms with Gasteiger partial charge in [0.15, 0.2) is 23.5 Å². The number of rotatable bonds is 3. The molecule has 0 spiro atoms. The highest BCUT2D eigenvalue weighted by molar-refractivity contribution is 6.06. The monoisotopic (exact) mass is 346 g/mol. The second-order valence-corrected chi connectivity index (χ2v) is 6.53. The van der Waals surface area contributed by atoms with Gasteiger partial charge in [-0.05, 0) is 19.9 Å². The standard InChI is InChI=1S/C16H15FN4O4/c1-16(2)14(22)21(15(23)19-16)7-11-18-13(25-20-11)10-6-8-4-3-5-9(17)12(8)24-10/h3-5,10H,6-7H2,1-2H3,(H,19,23). The minimum absolute atomic E-state index is 0.106. The van der Waals surface area contributed by atoms with Crippen molar-refractivity contribution in [2.75, 3.05) is 0 Å². The van der Waals surface area contributed by atoms with E-state index in [4.69, 9.17) is 9.26 Å². The highest BCUT2D eigenvalue weighted by Crippen LogP contribution is 2.37. The molecule has 9 heteroatoms. The number of nitrogens with one attached hydrogen (secondary N) is 1. The number of urea groups is 1. The molecule has 2 aliphatic rings. The zero-order chi connectivity index (χ0) is 17.8. The van der Waals surface area contributed by atoms with Crippen molar-refractivity contribution in [1.82, 2.24) is 20.4 Å². The lowest BCUT2D eigenvalue weighted by Crippen LogP contribution is -2.40. The summed E-state index contributed by atoms with van der Waals surface area (Å²) in [6, 6.07) is 4.19. The van der Waals surface area contributed by atoms with E-state index in [1.165, 1.54) is 6.07 Å². The Kier molecular flexibility index (Phi) is 3.28. The van der Waals surface area contributed by atoms with Gasteiger partial charge in [0.1, 0.15) is 5.54 Å². The van der Waals surface area contributed by atoms with Gasteiger partial charge in [-0.1, -0.05) is 17.3 Å². The van der Waals surface area contributed by atoms with E-state index in [1.54, 1.807) is 26.0 Å². The first-order chi connectivity index (χ1) is 11.8. The van der Waals surface area contributed by atoms with Gasteiger partial charge in [0.05, 0.1) is 6.54 Å². The van der Waals surface area contributed by atoms with Gasteiger partial charge >= 0.3 is 6.03 Å². The fraction of sp³-hybridized carbons (Fsp3) is 0.375. The van der Waals surface area contributed by atoms with Crippen molar-refractivity contribution in [2.45, 2.75) is 38.5 Å². The molecule has 1 fully saturated rings. The van der Waals surface area contributed by atoms with Crippen LogP contribution in [0.2, 0.25) is 0 Å². The zero-order valence-electron chi connectivity index (χ0n) is 13.6. The molecule has 0 aliphatic carbocycles. The lowest BCUT2D eigenvalue weighted by atomic mass is 10.1. The maximum Gasteiger partial charge on any atom is 0.325 e. The Morgan fingerprint density at radius 2 is 2.20 bits per heavy atom. The molecular weight excluding hydrogens is 331 g/mol. The number of benzene rings is 1. The number of aromatic nitrogens is 2. The molecule has 1 saturated heterocycles. The molecule has 1 unspecified atom stereocenters. The van der Waals surface area contributed by atoms with E-state index in [-0.39, 0.29) is 29.9 Å². The van der Waals surface area contributed by atoms with Crippen LogP contribution in [0.15, 0.2) is 22.7 Å². The van der Waals surface area contributed by atoms with Gasteiger partial charge in [-0.3, -0.25) is 9.69 Å². The van der Waals surface area contributed by atoms with Crippen LogP contribution in [0.1, 0.15) is 37.2 Å². The van der Waals surface area contributed by atoms with Crippen molar-refractivity contribution >= 4 is 11.9 Å². The third-order valence-electron chi connectivity index (χ3n) is 4.22. The summed E-state index contributed by atoms with van der Waals surface area (Å²) in [5.74, 6) is -0.270. The number of hydrogen-bond donors (Lipinski definition) is 1. The van der Waals surface area contributed by atoms with Crippen LogP contribution in [0.4, 0.5) is 9.18 Å². The fourth-order valence-corrected chi connectivity index (χ4v) is 2.93. The molecule has 2 aromatic rings. The number of amides is 3. The molecule has 2 aliphatic heterocycles. The number of halogens is 1. The first-order valence-corrected chi connectivity index (χ1v) is 7.76. The van der Waals surface area contributed by atoms with Crippen molar-refractivity contribution in [3.8, 4) is 5.75 Å².